The largest absolute Gasteiger partial charge is 0.325 e. The number of rotatable bonds is 5. The summed E-state index contributed by atoms with van der Waals surface area (Å²) in [6.45, 7) is 3.27. The van der Waals surface area contributed by atoms with Crippen LogP contribution in [0.4, 0.5) is 16.0 Å². The molecule has 0 unspecified atom stereocenters. The number of nitrogens with zero attached hydrogens (tertiary/aromatic N) is 3. The van der Waals surface area contributed by atoms with E-state index in [0.717, 1.165) is 25.3 Å². The molecule has 2 heterocycles. The standard InChI is InChI=1S/C26H25FN4O/c27-20-11-14-24-23(17-20)25(32)31(22-7-3-1-4-8-22)26(29-24)28-21-12-9-19(10-13-21)18-30-15-5-2-6-16-30/h1,3-4,7-14,17H,2,5-6,15-16,18H2,(H,28,29). The van der Waals surface area contributed by atoms with Crippen molar-refractivity contribution in [3.8, 4) is 5.69 Å². The second-order valence-electron chi connectivity index (χ2n) is 8.23. The Morgan fingerprint density at radius 2 is 1.66 bits per heavy atom. The lowest BCUT2D eigenvalue weighted by Gasteiger charge is -2.26. The van der Waals surface area contributed by atoms with Crippen LogP contribution in [-0.4, -0.2) is 27.5 Å². The van der Waals surface area contributed by atoms with Crippen LogP contribution >= 0.6 is 0 Å². The van der Waals surface area contributed by atoms with Crippen LogP contribution in [0.5, 0.6) is 0 Å². The molecule has 0 saturated carbocycles. The van der Waals surface area contributed by atoms with E-state index in [1.165, 1.54) is 47.6 Å². The lowest BCUT2D eigenvalue weighted by molar-refractivity contribution is 0.221. The van der Waals surface area contributed by atoms with Gasteiger partial charge in [0.25, 0.3) is 5.56 Å². The first-order valence-corrected chi connectivity index (χ1v) is 11.0. The predicted octanol–water partition coefficient (Wildman–Crippen LogP) is 5.25. The summed E-state index contributed by atoms with van der Waals surface area (Å²) >= 11 is 0. The topological polar surface area (TPSA) is 50.2 Å². The number of piperidine rings is 1. The minimum absolute atomic E-state index is 0.247. The Morgan fingerprint density at radius 3 is 2.41 bits per heavy atom. The Morgan fingerprint density at radius 1 is 0.906 bits per heavy atom. The molecule has 5 rings (SSSR count). The van der Waals surface area contributed by atoms with Gasteiger partial charge in [0.1, 0.15) is 5.82 Å². The number of halogens is 1. The van der Waals surface area contributed by atoms with Gasteiger partial charge >= 0.3 is 0 Å². The second-order valence-corrected chi connectivity index (χ2v) is 8.23. The average Bonchev–Trinajstić information content (AvgIpc) is 2.82. The number of hydrogen-bond donors (Lipinski definition) is 1. The van der Waals surface area contributed by atoms with Crippen LogP contribution in [0.2, 0.25) is 0 Å². The van der Waals surface area contributed by atoms with Gasteiger partial charge in [-0.15, -0.1) is 0 Å². The van der Waals surface area contributed by atoms with Crippen molar-refractivity contribution >= 4 is 22.5 Å². The minimum Gasteiger partial charge on any atom is -0.325 e. The van der Waals surface area contributed by atoms with Crippen molar-refractivity contribution in [1.82, 2.24) is 14.5 Å². The Kier molecular flexibility index (Phi) is 5.69. The highest BCUT2D eigenvalue weighted by Crippen LogP contribution is 2.22. The molecule has 4 aromatic rings. The molecule has 1 fully saturated rings. The van der Waals surface area contributed by atoms with Crippen LogP contribution in [0, 0.1) is 5.82 Å². The van der Waals surface area contributed by atoms with E-state index in [4.69, 9.17) is 0 Å². The lowest BCUT2D eigenvalue weighted by Crippen LogP contribution is -2.29. The first-order valence-electron chi connectivity index (χ1n) is 11.0. The Bertz CT molecular complexity index is 1280. The van der Waals surface area contributed by atoms with Gasteiger partial charge < -0.3 is 5.32 Å². The Hall–Kier alpha value is -3.51. The fourth-order valence-corrected chi connectivity index (χ4v) is 4.26. The quantitative estimate of drug-likeness (QED) is 0.471. The van der Waals surface area contributed by atoms with Gasteiger partial charge in [0.05, 0.1) is 16.6 Å². The van der Waals surface area contributed by atoms with E-state index in [2.05, 4.69) is 27.3 Å². The van der Waals surface area contributed by atoms with Gasteiger partial charge in [0.15, 0.2) is 0 Å². The van der Waals surface area contributed by atoms with Crippen LogP contribution in [0.25, 0.3) is 16.6 Å². The van der Waals surface area contributed by atoms with Crippen molar-refractivity contribution < 1.29 is 4.39 Å². The van der Waals surface area contributed by atoms with E-state index >= 15 is 0 Å². The summed E-state index contributed by atoms with van der Waals surface area (Å²) in [6.07, 6.45) is 3.87. The zero-order valence-electron chi connectivity index (χ0n) is 17.8. The van der Waals surface area contributed by atoms with Gasteiger partial charge in [-0.1, -0.05) is 36.8 Å². The molecule has 6 heteroatoms. The van der Waals surface area contributed by atoms with Crippen LogP contribution in [0.1, 0.15) is 24.8 Å². The molecule has 0 spiro atoms. The van der Waals surface area contributed by atoms with Crippen LogP contribution in [0.15, 0.2) is 77.6 Å². The zero-order valence-corrected chi connectivity index (χ0v) is 17.8. The maximum Gasteiger partial charge on any atom is 0.267 e. The number of hydrogen-bond acceptors (Lipinski definition) is 4. The monoisotopic (exact) mass is 428 g/mol. The minimum atomic E-state index is -0.457. The van der Waals surface area contributed by atoms with Gasteiger partial charge in [-0.3, -0.25) is 9.69 Å². The molecular formula is C26H25FN4O. The molecule has 1 aliphatic rings. The maximum atomic E-state index is 13.8. The number of aromatic nitrogens is 2. The maximum absolute atomic E-state index is 13.8. The Balaban J connectivity index is 1.49. The molecule has 3 aromatic carbocycles. The highest BCUT2D eigenvalue weighted by Gasteiger charge is 2.14. The van der Waals surface area contributed by atoms with Crippen molar-refractivity contribution in [1.29, 1.82) is 0 Å². The summed E-state index contributed by atoms with van der Waals surface area (Å²) in [4.78, 5) is 20.4. The zero-order chi connectivity index (χ0) is 21.9. The third kappa shape index (κ3) is 4.27. The molecule has 1 aliphatic heterocycles. The van der Waals surface area contributed by atoms with E-state index in [1.807, 2.05) is 42.5 Å². The third-order valence-corrected chi connectivity index (χ3v) is 5.91. The number of benzene rings is 3. The number of likely N-dealkylation sites (tertiary alicyclic amines) is 1. The van der Waals surface area contributed by atoms with Gasteiger partial charge in [-0.05, 0) is 74.0 Å². The normalized spacial score (nSPS) is 14.5. The summed E-state index contributed by atoms with van der Waals surface area (Å²) in [5, 5.41) is 3.54. The van der Waals surface area contributed by atoms with E-state index in [9.17, 15) is 9.18 Å². The first-order chi connectivity index (χ1) is 15.7. The van der Waals surface area contributed by atoms with Crippen LogP contribution in [0.3, 0.4) is 0 Å². The first kappa shape index (κ1) is 20.4. The number of anilines is 2. The van der Waals surface area contributed by atoms with Crippen molar-refractivity contribution in [2.24, 2.45) is 0 Å². The molecule has 5 nitrogen and oxygen atoms in total. The van der Waals surface area contributed by atoms with E-state index in [0.29, 0.717) is 17.2 Å². The molecule has 1 N–H and O–H groups in total. The molecule has 1 aromatic heterocycles. The molecule has 0 atom stereocenters. The molecule has 0 aliphatic carbocycles. The van der Waals surface area contributed by atoms with Crippen LogP contribution < -0.4 is 10.9 Å². The summed E-state index contributed by atoms with van der Waals surface area (Å²) in [5.41, 5.74) is 2.91. The van der Waals surface area contributed by atoms with Crippen molar-refractivity contribution in [3.05, 3.63) is 94.5 Å². The van der Waals surface area contributed by atoms with Crippen molar-refractivity contribution in [2.45, 2.75) is 25.8 Å². The van der Waals surface area contributed by atoms with Gasteiger partial charge in [-0.2, -0.15) is 0 Å². The SMILES string of the molecule is O=c1c2cc(F)ccc2nc(Nc2ccc(CN3CCCCC3)cc2)n1-c1ccccc1. The van der Waals surface area contributed by atoms with Gasteiger partial charge in [0, 0.05) is 12.2 Å². The molecule has 0 amide bonds. The predicted molar refractivity (Wildman–Crippen MR) is 126 cm³/mol. The molecule has 32 heavy (non-hydrogen) atoms. The number of nitrogens with one attached hydrogen (secondary N) is 1. The van der Waals surface area contributed by atoms with E-state index in [1.54, 1.807) is 0 Å². The van der Waals surface area contributed by atoms with Crippen LogP contribution in [-0.2, 0) is 6.54 Å². The Labute approximate surface area is 186 Å². The van der Waals surface area contributed by atoms with E-state index < -0.39 is 5.82 Å². The smallest absolute Gasteiger partial charge is 0.267 e. The molecule has 0 bridgehead atoms. The summed E-state index contributed by atoms with van der Waals surface area (Å²) in [7, 11) is 0. The average molecular weight is 429 g/mol. The molecule has 1 saturated heterocycles. The number of para-hydroxylation sites is 1. The fraction of sp³-hybridized carbons (Fsp3) is 0.231. The van der Waals surface area contributed by atoms with E-state index in [-0.39, 0.29) is 10.9 Å². The molecule has 162 valence electrons. The molecular weight excluding hydrogens is 403 g/mol. The highest BCUT2D eigenvalue weighted by molar-refractivity contribution is 5.80. The molecule has 0 radical (unpaired) electrons. The second kappa shape index (κ2) is 8.93. The summed E-state index contributed by atoms with van der Waals surface area (Å²) in [5.74, 6) is -0.0647. The van der Waals surface area contributed by atoms with Gasteiger partial charge in [0.2, 0.25) is 5.95 Å². The highest BCUT2D eigenvalue weighted by atomic mass is 19.1. The number of fused-ring (bicyclic) bond motifs is 1. The fourth-order valence-electron chi connectivity index (χ4n) is 4.26. The summed E-state index contributed by atoms with van der Waals surface area (Å²) in [6, 6.07) is 21.6. The lowest BCUT2D eigenvalue weighted by atomic mass is 10.1. The summed E-state index contributed by atoms with van der Waals surface area (Å²) < 4.78 is 15.3. The van der Waals surface area contributed by atoms with Crippen molar-refractivity contribution in [2.75, 3.05) is 18.4 Å². The third-order valence-electron chi connectivity index (χ3n) is 5.91. The van der Waals surface area contributed by atoms with Gasteiger partial charge in [-0.25, -0.2) is 13.9 Å². The van der Waals surface area contributed by atoms with Crippen molar-refractivity contribution in [3.63, 3.8) is 0 Å².